The third kappa shape index (κ3) is 47.4. The fourth-order valence-corrected chi connectivity index (χ4v) is 11.1. The molecule has 11 nitrogen and oxygen atoms in total. The fraction of sp³-hybridized carbons (Fsp3) is 0.861. The van der Waals surface area contributed by atoms with E-state index in [1.54, 1.807) is 6.08 Å². The van der Waals surface area contributed by atoms with E-state index >= 15 is 0 Å². The van der Waals surface area contributed by atoms with E-state index < -0.39 is 67.4 Å². The molecule has 0 bridgehead atoms. The summed E-state index contributed by atoms with van der Waals surface area (Å²) in [4.78, 5) is 26.6. The number of aliphatic hydroxyl groups excluding tert-OH is 5. The highest BCUT2D eigenvalue weighted by atomic mass is 16.7. The maximum Gasteiger partial charge on any atom is 0.306 e. The zero-order chi connectivity index (χ0) is 60.3. The molecular weight excluding hydrogens is 1040 g/mol. The Hall–Kier alpha value is -2.38. The molecule has 1 aliphatic rings. The van der Waals surface area contributed by atoms with Crippen LogP contribution < -0.4 is 5.32 Å². The van der Waals surface area contributed by atoms with Crippen LogP contribution in [0.4, 0.5) is 0 Å². The lowest BCUT2D eigenvalue weighted by Gasteiger charge is -2.41. The molecule has 8 unspecified atom stereocenters. The van der Waals surface area contributed by atoms with Crippen molar-refractivity contribution in [1.29, 1.82) is 0 Å². The standard InChI is InChI=1S/C72H133NO10/c1-4-7-10-13-16-19-22-24-26-28-30-31-32-33-34-36-37-39-41-44-47-50-53-56-59-65(76)71(80)73-63(64(75)58-55-52-49-46-43-21-18-15-12-9-6-3)62-81-72-70(69(79)68(78)66(61-74)82-72)83-67(77)60-57-54-51-48-45-42-40-38-35-29-27-25-23-20-17-14-11-8-5-2/h17,20,24-27,55,58,63-66,68-70,72,74-76,78-79H,4-16,18-19,21-23,28-54,56-57,59-62H2,1-3H3,(H,73,80)/b20-17-,26-24+,27-25-,58-55+. The summed E-state index contributed by atoms with van der Waals surface area (Å²) in [6.07, 6.45) is 64.4. The highest BCUT2D eigenvalue weighted by molar-refractivity contribution is 5.80. The second kappa shape index (κ2) is 59.9. The minimum Gasteiger partial charge on any atom is -0.454 e. The van der Waals surface area contributed by atoms with Crippen LogP contribution in [0.25, 0.3) is 0 Å². The molecule has 6 N–H and O–H groups in total. The van der Waals surface area contributed by atoms with Crippen molar-refractivity contribution in [2.75, 3.05) is 13.2 Å². The molecule has 11 heteroatoms. The molecule has 1 saturated heterocycles. The summed E-state index contributed by atoms with van der Waals surface area (Å²) in [6, 6.07) is -1.02. The van der Waals surface area contributed by atoms with Gasteiger partial charge in [0.2, 0.25) is 5.91 Å². The van der Waals surface area contributed by atoms with E-state index in [1.165, 1.54) is 218 Å². The maximum absolute atomic E-state index is 13.5. The third-order valence-corrected chi connectivity index (χ3v) is 16.7. The van der Waals surface area contributed by atoms with Gasteiger partial charge in [0.25, 0.3) is 0 Å². The van der Waals surface area contributed by atoms with E-state index in [0.717, 1.165) is 70.6 Å². The summed E-state index contributed by atoms with van der Waals surface area (Å²) in [5.41, 5.74) is 0. The van der Waals surface area contributed by atoms with Gasteiger partial charge in [0.1, 0.15) is 24.4 Å². The van der Waals surface area contributed by atoms with Gasteiger partial charge in [0.05, 0.1) is 25.4 Å². The molecule has 486 valence electrons. The molecule has 0 aromatic carbocycles. The first-order chi connectivity index (χ1) is 40.7. The maximum atomic E-state index is 13.5. The minimum atomic E-state index is -1.61. The average Bonchev–Trinajstić information content (AvgIpc) is 3.69. The van der Waals surface area contributed by atoms with E-state index in [9.17, 15) is 35.1 Å². The average molecular weight is 1170 g/mol. The number of esters is 1. The van der Waals surface area contributed by atoms with Gasteiger partial charge >= 0.3 is 5.97 Å². The smallest absolute Gasteiger partial charge is 0.306 e. The third-order valence-electron chi connectivity index (χ3n) is 16.7. The molecule has 0 aromatic heterocycles. The molecule has 1 rings (SSSR count). The number of ether oxygens (including phenoxy) is 3. The van der Waals surface area contributed by atoms with Crippen LogP contribution in [0.5, 0.6) is 0 Å². The summed E-state index contributed by atoms with van der Waals surface area (Å²) >= 11 is 0. The number of amides is 1. The topological polar surface area (TPSA) is 175 Å². The van der Waals surface area contributed by atoms with Crippen molar-refractivity contribution >= 4 is 11.9 Å². The Morgan fingerprint density at radius 1 is 0.470 bits per heavy atom. The van der Waals surface area contributed by atoms with Gasteiger partial charge in [-0.3, -0.25) is 9.59 Å². The highest BCUT2D eigenvalue weighted by Gasteiger charge is 2.47. The number of aliphatic hydroxyl groups is 5. The van der Waals surface area contributed by atoms with Crippen molar-refractivity contribution in [3.05, 3.63) is 48.6 Å². The number of allylic oxidation sites excluding steroid dienone is 7. The van der Waals surface area contributed by atoms with Crippen molar-refractivity contribution in [2.45, 2.75) is 384 Å². The van der Waals surface area contributed by atoms with Gasteiger partial charge in [-0.2, -0.15) is 0 Å². The normalized spacial score (nSPS) is 18.8. The molecule has 0 aromatic rings. The van der Waals surface area contributed by atoms with Crippen LogP contribution in [0.3, 0.4) is 0 Å². The Labute approximate surface area is 510 Å². The predicted octanol–water partition coefficient (Wildman–Crippen LogP) is 18.0. The van der Waals surface area contributed by atoms with Crippen molar-refractivity contribution in [3.63, 3.8) is 0 Å². The summed E-state index contributed by atoms with van der Waals surface area (Å²) in [6.45, 7) is 5.79. The number of rotatable bonds is 61. The van der Waals surface area contributed by atoms with Crippen molar-refractivity contribution in [1.82, 2.24) is 5.32 Å². The number of nitrogens with one attached hydrogen (secondary N) is 1. The van der Waals surface area contributed by atoms with Crippen molar-refractivity contribution in [2.24, 2.45) is 0 Å². The molecule has 8 atom stereocenters. The van der Waals surface area contributed by atoms with E-state index in [4.69, 9.17) is 14.2 Å². The quantitative estimate of drug-likeness (QED) is 0.0195. The first-order valence-electron chi connectivity index (χ1n) is 35.4. The van der Waals surface area contributed by atoms with Gasteiger partial charge in [-0.15, -0.1) is 0 Å². The molecule has 1 amide bonds. The van der Waals surface area contributed by atoms with Crippen molar-refractivity contribution in [3.8, 4) is 0 Å². The first kappa shape index (κ1) is 78.6. The van der Waals surface area contributed by atoms with E-state index in [1.807, 2.05) is 6.08 Å². The van der Waals surface area contributed by atoms with Gasteiger partial charge in [-0.1, -0.05) is 294 Å². The van der Waals surface area contributed by atoms with Crippen LogP contribution in [0.1, 0.15) is 335 Å². The zero-order valence-corrected chi connectivity index (χ0v) is 54.1. The van der Waals surface area contributed by atoms with Gasteiger partial charge in [0.15, 0.2) is 12.4 Å². The number of unbranched alkanes of at least 4 members (excludes halogenated alkanes) is 41. The largest absolute Gasteiger partial charge is 0.454 e. The molecular formula is C72H133NO10. The molecule has 0 aliphatic carbocycles. The highest BCUT2D eigenvalue weighted by Crippen LogP contribution is 2.26. The SMILES string of the molecule is CCCCC/C=C\C/C=C\CCCCCCCCCCCC(=O)OC1C(OCC(NC(=O)C(O)CCCCCCCCCCCCCCCC/C=C/CCCCCCCC)C(O)/C=C/CCCCCCCCCCC)OC(CO)C(O)C1O. The Morgan fingerprint density at radius 3 is 1.27 bits per heavy atom. The lowest BCUT2D eigenvalue weighted by molar-refractivity contribution is -0.305. The Morgan fingerprint density at radius 2 is 0.831 bits per heavy atom. The Balaban J connectivity index is 2.55. The van der Waals surface area contributed by atoms with Crippen LogP contribution in [-0.4, -0.2) is 99.6 Å². The predicted molar refractivity (Wildman–Crippen MR) is 347 cm³/mol. The Bertz CT molecular complexity index is 1540. The molecule has 1 aliphatic heterocycles. The van der Waals surface area contributed by atoms with E-state index in [2.05, 4.69) is 62.5 Å². The molecule has 0 spiro atoms. The first-order valence-corrected chi connectivity index (χ1v) is 35.4. The second-order valence-electron chi connectivity index (χ2n) is 24.6. The van der Waals surface area contributed by atoms with Crippen LogP contribution in [0.15, 0.2) is 48.6 Å². The molecule has 83 heavy (non-hydrogen) atoms. The molecule has 1 fully saturated rings. The fourth-order valence-electron chi connectivity index (χ4n) is 11.1. The monoisotopic (exact) mass is 1170 g/mol. The Kier molecular flexibility index (Phi) is 56.8. The zero-order valence-electron chi connectivity index (χ0n) is 54.1. The number of hydrogen-bond acceptors (Lipinski definition) is 10. The van der Waals surface area contributed by atoms with Crippen LogP contribution >= 0.6 is 0 Å². The minimum absolute atomic E-state index is 0.120. The summed E-state index contributed by atoms with van der Waals surface area (Å²) < 4.78 is 17.7. The lowest BCUT2D eigenvalue weighted by Crippen LogP contribution is -2.61. The van der Waals surface area contributed by atoms with Crippen LogP contribution in [0, 0.1) is 0 Å². The molecule has 0 saturated carbocycles. The van der Waals surface area contributed by atoms with E-state index in [-0.39, 0.29) is 13.0 Å². The lowest BCUT2D eigenvalue weighted by atomic mass is 9.99. The number of carbonyl (C=O) groups excluding carboxylic acids is 2. The van der Waals surface area contributed by atoms with Gasteiger partial charge < -0.3 is 45.1 Å². The summed E-state index contributed by atoms with van der Waals surface area (Å²) in [5.74, 6) is -1.19. The summed E-state index contributed by atoms with van der Waals surface area (Å²) in [7, 11) is 0. The number of hydrogen-bond donors (Lipinski definition) is 6. The molecule has 1 heterocycles. The second-order valence-corrected chi connectivity index (χ2v) is 24.6. The molecule has 0 radical (unpaired) electrons. The van der Waals surface area contributed by atoms with Gasteiger partial charge in [-0.05, 0) is 83.5 Å². The van der Waals surface area contributed by atoms with Gasteiger partial charge in [-0.25, -0.2) is 0 Å². The van der Waals surface area contributed by atoms with E-state index in [0.29, 0.717) is 19.3 Å². The van der Waals surface area contributed by atoms with Crippen LogP contribution in [0.2, 0.25) is 0 Å². The van der Waals surface area contributed by atoms with Crippen molar-refractivity contribution < 1.29 is 49.3 Å². The summed E-state index contributed by atoms with van der Waals surface area (Å²) in [5, 5.41) is 57.2. The van der Waals surface area contributed by atoms with Gasteiger partial charge in [0, 0.05) is 6.42 Å². The van der Waals surface area contributed by atoms with Crippen LogP contribution in [-0.2, 0) is 23.8 Å². The number of carbonyl (C=O) groups is 2.